The minimum Gasteiger partial charge on any atom is -0.392 e. The first-order chi connectivity index (χ1) is 7.61. The van der Waals surface area contributed by atoms with Crippen molar-refractivity contribution in [3.63, 3.8) is 0 Å². The molecule has 0 aliphatic carbocycles. The van der Waals surface area contributed by atoms with Crippen LogP contribution in [-0.2, 0) is 0 Å². The number of thioether (sulfide) groups is 1. The Hall–Kier alpha value is -0.470. The van der Waals surface area contributed by atoms with Gasteiger partial charge in [-0.3, -0.25) is 0 Å². The van der Waals surface area contributed by atoms with Crippen molar-refractivity contribution in [3.05, 3.63) is 29.8 Å². The van der Waals surface area contributed by atoms with E-state index in [1.165, 1.54) is 10.5 Å². The van der Waals surface area contributed by atoms with E-state index in [4.69, 9.17) is 0 Å². The third kappa shape index (κ3) is 5.04. The zero-order valence-corrected chi connectivity index (χ0v) is 11.3. The average Bonchev–Trinajstić information content (AvgIpc) is 2.28. The van der Waals surface area contributed by atoms with Crippen molar-refractivity contribution in [2.24, 2.45) is 5.92 Å². The topological polar surface area (TPSA) is 20.2 Å². The zero-order chi connectivity index (χ0) is 12.0. The molecular weight excluding hydrogens is 216 g/mol. The van der Waals surface area contributed by atoms with Crippen molar-refractivity contribution in [1.29, 1.82) is 0 Å². The maximum absolute atomic E-state index is 9.85. The SMILES string of the molecule is CCC(C)CC(O)CSc1ccc(C)cc1. The van der Waals surface area contributed by atoms with Gasteiger partial charge in [-0.15, -0.1) is 11.8 Å². The number of hydrogen-bond donors (Lipinski definition) is 1. The zero-order valence-electron chi connectivity index (χ0n) is 10.4. The second-order valence-corrected chi connectivity index (χ2v) is 5.62. The van der Waals surface area contributed by atoms with Gasteiger partial charge in [-0.1, -0.05) is 38.0 Å². The molecule has 0 saturated carbocycles. The van der Waals surface area contributed by atoms with Crippen molar-refractivity contribution in [2.45, 2.75) is 44.6 Å². The van der Waals surface area contributed by atoms with E-state index in [9.17, 15) is 5.11 Å². The van der Waals surface area contributed by atoms with Crippen molar-refractivity contribution in [2.75, 3.05) is 5.75 Å². The first kappa shape index (κ1) is 13.6. The fourth-order valence-electron chi connectivity index (χ4n) is 1.53. The largest absolute Gasteiger partial charge is 0.392 e. The Labute approximate surface area is 103 Å². The fourth-order valence-corrected chi connectivity index (χ4v) is 2.38. The second kappa shape index (κ2) is 6.97. The monoisotopic (exact) mass is 238 g/mol. The van der Waals surface area contributed by atoms with Crippen LogP contribution < -0.4 is 0 Å². The van der Waals surface area contributed by atoms with Crippen molar-refractivity contribution >= 4 is 11.8 Å². The van der Waals surface area contributed by atoms with Gasteiger partial charge in [0.2, 0.25) is 0 Å². The molecule has 0 aromatic heterocycles. The van der Waals surface area contributed by atoms with Gasteiger partial charge in [-0.05, 0) is 31.4 Å². The molecule has 1 aromatic rings. The highest BCUT2D eigenvalue weighted by Gasteiger charge is 2.09. The molecule has 90 valence electrons. The second-order valence-electron chi connectivity index (χ2n) is 4.53. The fraction of sp³-hybridized carbons (Fsp3) is 0.571. The molecule has 2 unspecified atom stereocenters. The highest BCUT2D eigenvalue weighted by molar-refractivity contribution is 7.99. The lowest BCUT2D eigenvalue weighted by molar-refractivity contribution is 0.167. The summed E-state index contributed by atoms with van der Waals surface area (Å²) in [7, 11) is 0. The number of rotatable bonds is 6. The molecule has 16 heavy (non-hydrogen) atoms. The van der Waals surface area contributed by atoms with Crippen LogP contribution in [0.4, 0.5) is 0 Å². The van der Waals surface area contributed by atoms with Gasteiger partial charge in [-0.2, -0.15) is 0 Å². The maximum Gasteiger partial charge on any atom is 0.0636 e. The van der Waals surface area contributed by atoms with Gasteiger partial charge in [0.05, 0.1) is 6.10 Å². The van der Waals surface area contributed by atoms with E-state index in [0.717, 1.165) is 18.6 Å². The lowest BCUT2D eigenvalue weighted by Gasteiger charge is -2.14. The van der Waals surface area contributed by atoms with Crippen LogP contribution in [0.1, 0.15) is 32.3 Å². The molecule has 1 rings (SSSR count). The summed E-state index contributed by atoms with van der Waals surface area (Å²) in [6.45, 7) is 6.45. The van der Waals surface area contributed by atoms with Crippen molar-refractivity contribution in [3.8, 4) is 0 Å². The van der Waals surface area contributed by atoms with Crippen LogP contribution in [-0.4, -0.2) is 17.0 Å². The number of aryl methyl sites for hydroxylation is 1. The van der Waals surface area contributed by atoms with Crippen LogP contribution in [0.3, 0.4) is 0 Å². The summed E-state index contributed by atoms with van der Waals surface area (Å²) < 4.78 is 0. The van der Waals surface area contributed by atoms with Gasteiger partial charge in [-0.25, -0.2) is 0 Å². The van der Waals surface area contributed by atoms with Gasteiger partial charge in [0.1, 0.15) is 0 Å². The van der Waals surface area contributed by atoms with Gasteiger partial charge in [0.25, 0.3) is 0 Å². The molecular formula is C14H22OS. The van der Waals surface area contributed by atoms with E-state index in [1.807, 2.05) is 0 Å². The van der Waals surface area contributed by atoms with Crippen LogP contribution in [0, 0.1) is 12.8 Å². The number of aliphatic hydroxyl groups excluding tert-OH is 1. The number of aliphatic hydroxyl groups is 1. The molecule has 2 atom stereocenters. The Kier molecular flexibility index (Phi) is 5.93. The van der Waals surface area contributed by atoms with Crippen molar-refractivity contribution in [1.82, 2.24) is 0 Å². The van der Waals surface area contributed by atoms with Crippen LogP contribution in [0.5, 0.6) is 0 Å². The van der Waals surface area contributed by atoms with E-state index >= 15 is 0 Å². The maximum atomic E-state index is 9.85. The third-order valence-corrected chi connectivity index (χ3v) is 3.99. The number of benzene rings is 1. The van der Waals surface area contributed by atoms with Crippen LogP contribution in [0.2, 0.25) is 0 Å². The first-order valence-corrected chi connectivity index (χ1v) is 6.98. The molecule has 0 fully saturated rings. The molecule has 1 aromatic carbocycles. The smallest absolute Gasteiger partial charge is 0.0636 e. The number of hydrogen-bond acceptors (Lipinski definition) is 2. The van der Waals surface area contributed by atoms with E-state index < -0.39 is 0 Å². The molecule has 0 spiro atoms. The Morgan fingerprint density at radius 1 is 1.25 bits per heavy atom. The quantitative estimate of drug-likeness (QED) is 0.759. The molecule has 0 aliphatic heterocycles. The van der Waals surface area contributed by atoms with Gasteiger partial charge in [0, 0.05) is 10.6 Å². The molecule has 0 bridgehead atoms. The van der Waals surface area contributed by atoms with Crippen LogP contribution >= 0.6 is 11.8 Å². The normalized spacial score (nSPS) is 14.8. The minimum absolute atomic E-state index is 0.179. The molecule has 1 nitrogen and oxygen atoms in total. The lowest BCUT2D eigenvalue weighted by Crippen LogP contribution is -2.13. The Balaban J connectivity index is 2.31. The average molecular weight is 238 g/mol. The highest BCUT2D eigenvalue weighted by atomic mass is 32.2. The summed E-state index contributed by atoms with van der Waals surface area (Å²) in [5.74, 6) is 1.42. The van der Waals surface area contributed by atoms with Crippen LogP contribution in [0.25, 0.3) is 0 Å². The van der Waals surface area contributed by atoms with E-state index in [-0.39, 0.29) is 6.10 Å². The predicted octanol–water partition coefficient (Wildman–Crippen LogP) is 3.88. The summed E-state index contributed by atoms with van der Waals surface area (Å²) in [6, 6.07) is 8.47. The molecule has 0 saturated heterocycles. The standard InChI is InChI=1S/C14H22OS/c1-4-11(2)9-13(15)10-16-14-7-5-12(3)6-8-14/h5-8,11,13,15H,4,9-10H2,1-3H3. The summed E-state index contributed by atoms with van der Waals surface area (Å²) in [6.07, 6.45) is 1.88. The third-order valence-electron chi connectivity index (χ3n) is 2.83. The van der Waals surface area contributed by atoms with E-state index in [1.54, 1.807) is 11.8 Å². The summed E-state index contributed by atoms with van der Waals surface area (Å²) in [5.41, 5.74) is 1.28. The molecule has 0 heterocycles. The Morgan fingerprint density at radius 3 is 2.44 bits per heavy atom. The van der Waals surface area contributed by atoms with Gasteiger partial charge in [0.15, 0.2) is 0 Å². The Bertz CT molecular complexity index is 294. The van der Waals surface area contributed by atoms with E-state index in [0.29, 0.717) is 5.92 Å². The minimum atomic E-state index is -0.179. The van der Waals surface area contributed by atoms with Crippen LogP contribution in [0.15, 0.2) is 29.2 Å². The Morgan fingerprint density at radius 2 is 1.88 bits per heavy atom. The van der Waals surface area contributed by atoms with Gasteiger partial charge < -0.3 is 5.11 Å². The lowest BCUT2D eigenvalue weighted by atomic mass is 10.0. The highest BCUT2D eigenvalue weighted by Crippen LogP contribution is 2.21. The van der Waals surface area contributed by atoms with Gasteiger partial charge >= 0.3 is 0 Å². The van der Waals surface area contributed by atoms with E-state index in [2.05, 4.69) is 45.0 Å². The van der Waals surface area contributed by atoms with Crippen molar-refractivity contribution < 1.29 is 5.11 Å². The first-order valence-electron chi connectivity index (χ1n) is 5.99. The summed E-state index contributed by atoms with van der Waals surface area (Å²) in [4.78, 5) is 1.24. The predicted molar refractivity (Wildman–Crippen MR) is 72.0 cm³/mol. The molecule has 0 amide bonds. The molecule has 1 N–H and O–H groups in total. The molecule has 0 aliphatic rings. The molecule has 0 radical (unpaired) electrons. The summed E-state index contributed by atoms with van der Waals surface area (Å²) in [5, 5.41) is 9.85. The molecule has 2 heteroatoms. The summed E-state index contributed by atoms with van der Waals surface area (Å²) >= 11 is 1.74.